The monoisotopic (exact) mass is 381 g/mol. The SMILES string of the molecule is Cn1c(=O)c2c(nc3n(Cc4ccccc4)c(=O)/c(=C/O)c(=O)n23)n(C)c1=O. The second-order valence-electron chi connectivity index (χ2n) is 6.35. The van der Waals surface area contributed by atoms with Crippen molar-refractivity contribution in [3.63, 3.8) is 0 Å². The van der Waals surface area contributed by atoms with Crippen molar-refractivity contribution in [2.45, 2.75) is 6.54 Å². The van der Waals surface area contributed by atoms with Crippen LogP contribution in [0.25, 0.3) is 23.2 Å². The topological polar surface area (TPSA) is 121 Å². The third-order valence-corrected chi connectivity index (χ3v) is 4.70. The van der Waals surface area contributed by atoms with E-state index in [2.05, 4.69) is 4.98 Å². The summed E-state index contributed by atoms with van der Waals surface area (Å²) in [4.78, 5) is 54.7. The number of aliphatic hydroxyl groups excluding tert-OH is 1. The highest BCUT2D eigenvalue weighted by molar-refractivity contribution is 5.75. The summed E-state index contributed by atoms with van der Waals surface area (Å²) in [5, 5.41) is 8.97. The van der Waals surface area contributed by atoms with Crippen molar-refractivity contribution in [1.29, 1.82) is 0 Å². The normalized spacial score (nSPS) is 12.3. The minimum absolute atomic E-state index is 0.0264. The van der Waals surface area contributed by atoms with Crippen molar-refractivity contribution in [2.75, 3.05) is 0 Å². The van der Waals surface area contributed by atoms with Gasteiger partial charge in [-0.2, -0.15) is 4.98 Å². The predicted molar refractivity (Wildman–Crippen MR) is 102 cm³/mol. The Kier molecular flexibility index (Phi) is 3.77. The molecule has 0 aliphatic rings. The van der Waals surface area contributed by atoms with E-state index in [1.807, 2.05) is 6.07 Å². The van der Waals surface area contributed by atoms with E-state index < -0.39 is 27.6 Å². The molecule has 28 heavy (non-hydrogen) atoms. The van der Waals surface area contributed by atoms with Gasteiger partial charge in [-0.15, -0.1) is 0 Å². The van der Waals surface area contributed by atoms with Crippen LogP contribution in [0.5, 0.6) is 0 Å². The first-order valence-corrected chi connectivity index (χ1v) is 8.30. The lowest BCUT2D eigenvalue weighted by molar-refractivity contribution is 0.537. The Labute approximate surface area is 155 Å². The van der Waals surface area contributed by atoms with E-state index in [0.29, 0.717) is 6.26 Å². The van der Waals surface area contributed by atoms with Gasteiger partial charge >= 0.3 is 5.69 Å². The van der Waals surface area contributed by atoms with Gasteiger partial charge in [-0.05, 0) is 5.56 Å². The van der Waals surface area contributed by atoms with Crippen LogP contribution in [0, 0.1) is 0 Å². The Bertz CT molecular complexity index is 1540. The summed E-state index contributed by atoms with van der Waals surface area (Å²) in [5.74, 6) is -0.0854. The molecule has 0 fully saturated rings. The summed E-state index contributed by atoms with van der Waals surface area (Å²) in [6, 6.07) is 8.97. The molecule has 10 nitrogen and oxygen atoms in total. The Morgan fingerprint density at radius 1 is 0.964 bits per heavy atom. The van der Waals surface area contributed by atoms with Crippen LogP contribution in [0.4, 0.5) is 0 Å². The van der Waals surface area contributed by atoms with Crippen LogP contribution < -0.4 is 27.6 Å². The first-order chi connectivity index (χ1) is 13.4. The molecule has 1 aromatic carbocycles. The zero-order valence-corrected chi connectivity index (χ0v) is 15.0. The molecule has 0 radical (unpaired) electrons. The highest BCUT2D eigenvalue weighted by Crippen LogP contribution is 2.09. The van der Waals surface area contributed by atoms with Crippen molar-refractivity contribution >= 4 is 23.2 Å². The molecule has 0 bridgehead atoms. The summed E-state index contributed by atoms with van der Waals surface area (Å²) >= 11 is 0. The highest BCUT2D eigenvalue weighted by Gasteiger charge is 2.21. The number of hydrogen-bond donors (Lipinski definition) is 1. The summed E-state index contributed by atoms with van der Waals surface area (Å²) < 4.78 is 4.12. The third kappa shape index (κ3) is 2.24. The largest absolute Gasteiger partial charge is 0.515 e. The lowest BCUT2D eigenvalue weighted by Crippen LogP contribution is -2.49. The van der Waals surface area contributed by atoms with Gasteiger partial charge in [0.2, 0.25) is 5.78 Å². The van der Waals surface area contributed by atoms with Crippen molar-refractivity contribution in [3.05, 3.63) is 82.7 Å². The van der Waals surface area contributed by atoms with Gasteiger partial charge in [0, 0.05) is 14.1 Å². The highest BCUT2D eigenvalue weighted by atomic mass is 16.2. The van der Waals surface area contributed by atoms with E-state index in [-0.39, 0.29) is 23.5 Å². The van der Waals surface area contributed by atoms with E-state index in [0.717, 1.165) is 19.1 Å². The van der Waals surface area contributed by atoms with Crippen LogP contribution in [-0.2, 0) is 20.6 Å². The minimum atomic E-state index is -0.884. The van der Waals surface area contributed by atoms with Gasteiger partial charge in [0.15, 0.2) is 11.2 Å². The van der Waals surface area contributed by atoms with Crippen LogP contribution in [0.3, 0.4) is 0 Å². The molecule has 3 heterocycles. The van der Waals surface area contributed by atoms with E-state index in [1.54, 1.807) is 24.3 Å². The Morgan fingerprint density at radius 3 is 2.29 bits per heavy atom. The molecule has 4 rings (SSSR count). The molecule has 0 saturated carbocycles. The predicted octanol–water partition coefficient (Wildman–Crippen LogP) is -1.53. The number of aromatic nitrogens is 5. The molecule has 10 heteroatoms. The average molecular weight is 381 g/mol. The quantitative estimate of drug-likeness (QED) is 0.450. The standard InChI is InChI=1S/C18H15N5O5/c1-20-13-12(16(27)21(2)18(20)28)23-15(26)11(9-24)14(25)22(17(23)19-13)8-10-6-4-3-5-7-10/h3-7,9,24H,8H2,1-2H3/b11-9-. The maximum absolute atomic E-state index is 12.8. The molecule has 0 amide bonds. The van der Waals surface area contributed by atoms with Crippen molar-refractivity contribution < 1.29 is 5.11 Å². The van der Waals surface area contributed by atoms with Gasteiger partial charge in [-0.3, -0.25) is 28.1 Å². The van der Waals surface area contributed by atoms with E-state index in [9.17, 15) is 24.3 Å². The van der Waals surface area contributed by atoms with Gasteiger partial charge in [0.1, 0.15) is 5.22 Å². The summed E-state index contributed by atoms with van der Waals surface area (Å²) in [7, 11) is 2.70. The summed E-state index contributed by atoms with van der Waals surface area (Å²) in [5.41, 5.74) is -2.39. The molecule has 3 aromatic heterocycles. The molecule has 0 aliphatic carbocycles. The second-order valence-corrected chi connectivity index (χ2v) is 6.35. The molecule has 0 aliphatic heterocycles. The number of fused-ring (bicyclic) bond motifs is 3. The van der Waals surface area contributed by atoms with Gasteiger partial charge < -0.3 is 5.11 Å². The molecule has 0 unspecified atom stereocenters. The number of hydrogen-bond acceptors (Lipinski definition) is 6. The Morgan fingerprint density at radius 2 is 1.64 bits per heavy atom. The van der Waals surface area contributed by atoms with Crippen LogP contribution >= 0.6 is 0 Å². The van der Waals surface area contributed by atoms with E-state index in [4.69, 9.17) is 0 Å². The van der Waals surface area contributed by atoms with Gasteiger partial charge in [0.05, 0.1) is 12.8 Å². The number of aryl methyl sites for hydroxylation is 1. The number of nitrogens with zero attached hydrogens (tertiary/aromatic N) is 5. The number of rotatable bonds is 2. The maximum Gasteiger partial charge on any atom is 0.332 e. The number of imidazole rings is 1. The lowest BCUT2D eigenvalue weighted by atomic mass is 10.2. The molecular formula is C18H15N5O5. The fourth-order valence-corrected chi connectivity index (χ4v) is 3.22. The van der Waals surface area contributed by atoms with Gasteiger partial charge in [-0.1, -0.05) is 30.3 Å². The Balaban J connectivity index is 2.29. The van der Waals surface area contributed by atoms with Crippen LogP contribution in [0.2, 0.25) is 0 Å². The van der Waals surface area contributed by atoms with Crippen molar-refractivity contribution in [2.24, 2.45) is 14.1 Å². The minimum Gasteiger partial charge on any atom is -0.515 e. The van der Waals surface area contributed by atoms with Crippen LogP contribution in [0.1, 0.15) is 5.56 Å². The lowest BCUT2D eigenvalue weighted by Gasteiger charge is -2.07. The smallest absolute Gasteiger partial charge is 0.332 e. The summed E-state index contributed by atoms with van der Waals surface area (Å²) in [6.07, 6.45) is 0.421. The number of aliphatic hydroxyl groups is 1. The first-order valence-electron chi connectivity index (χ1n) is 8.30. The van der Waals surface area contributed by atoms with E-state index in [1.165, 1.54) is 18.7 Å². The zero-order chi connectivity index (χ0) is 20.2. The maximum atomic E-state index is 12.8. The fourth-order valence-electron chi connectivity index (χ4n) is 3.22. The molecule has 1 N–H and O–H groups in total. The Hall–Kier alpha value is -3.95. The van der Waals surface area contributed by atoms with Crippen molar-refractivity contribution in [1.82, 2.24) is 23.1 Å². The molecule has 4 aromatic rings. The molecule has 0 atom stereocenters. The van der Waals surface area contributed by atoms with Gasteiger partial charge in [0.25, 0.3) is 16.7 Å². The zero-order valence-electron chi connectivity index (χ0n) is 15.0. The van der Waals surface area contributed by atoms with Crippen LogP contribution in [0.15, 0.2) is 49.5 Å². The summed E-state index contributed by atoms with van der Waals surface area (Å²) in [6.45, 7) is 0.0574. The van der Waals surface area contributed by atoms with E-state index >= 15 is 0 Å². The molecular weight excluding hydrogens is 366 g/mol. The molecule has 0 saturated heterocycles. The average Bonchev–Trinajstić information content (AvgIpc) is 3.10. The van der Waals surface area contributed by atoms with Crippen LogP contribution in [-0.4, -0.2) is 28.2 Å². The second kappa shape index (κ2) is 6.05. The van der Waals surface area contributed by atoms with Gasteiger partial charge in [-0.25, -0.2) is 9.20 Å². The first kappa shape index (κ1) is 17.5. The fraction of sp³-hybridized carbons (Fsp3) is 0.167. The third-order valence-electron chi connectivity index (χ3n) is 4.70. The molecule has 0 spiro atoms. The van der Waals surface area contributed by atoms with Crippen molar-refractivity contribution in [3.8, 4) is 0 Å². The molecule has 142 valence electrons. The number of benzene rings is 1.